The molecule has 0 aliphatic rings. The van der Waals surface area contributed by atoms with Crippen LogP contribution in [0.15, 0.2) is 36.4 Å². The van der Waals surface area contributed by atoms with E-state index in [1.165, 1.54) is 18.2 Å². The Labute approximate surface area is 131 Å². The first-order valence-electron chi connectivity index (χ1n) is 5.79. The highest BCUT2D eigenvalue weighted by Gasteiger charge is 2.13. The number of benzene rings is 2. The first kappa shape index (κ1) is 15.4. The average molecular weight is 335 g/mol. The topological polar surface area (TPSA) is 32.3 Å². The van der Waals surface area contributed by atoms with Crippen LogP contribution in [0.3, 0.4) is 0 Å². The summed E-state index contributed by atoms with van der Waals surface area (Å²) in [7, 11) is 0. The Hall–Kier alpha value is -1.000. The van der Waals surface area contributed by atoms with Gasteiger partial charge in [-0.25, -0.2) is 4.39 Å². The van der Waals surface area contributed by atoms with Crippen LogP contribution < -0.4 is 5.32 Å². The second-order valence-electron chi connectivity index (χ2n) is 4.19. The molecule has 20 heavy (non-hydrogen) atoms. The van der Waals surface area contributed by atoms with Gasteiger partial charge < -0.3 is 10.4 Å². The van der Waals surface area contributed by atoms with E-state index in [2.05, 4.69) is 5.32 Å². The standard InChI is InChI=1S/C14H11Cl3FNO/c15-8-1-3-11(17)10(5-8)14(20)7-19-13-6-9(16)2-4-12(13)18/h1-6,14,19-20H,7H2. The summed E-state index contributed by atoms with van der Waals surface area (Å²) in [5.74, 6) is -0.446. The highest BCUT2D eigenvalue weighted by Crippen LogP contribution is 2.27. The van der Waals surface area contributed by atoms with Crippen LogP contribution in [0.25, 0.3) is 0 Å². The summed E-state index contributed by atoms with van der Waals surface area (Å²) in [5, 5.41) is 14.1. The molecule has 2 nitrogen and oxygen atoms in total. The highest BCUT2D eigenvalue weighted by atomic mass is 35.5. The highest BCUT2D eigenvalue weighted by molar-refractivity contribution is 6.33. The van der Waals surface area contributed by atoms with Crippen molar-refractivity contribution in [1.29, 1.82) is 0 Å². The molecular formula is C14H11Cl3FNO. The first-order valence-corrected chi connectivity index (χ1v) is 6.92. The second-order valence-corrected chi connectivity index (χ2v) is 5.47. The van der Waals surface area contributed by atoms with Gasteiger partial charge in [0.2, 0.25) is 0 Å². The maximum Gasteiger partial charge on any atom is 0.146 e. The van der Waals surface area contributed by atoms with Crippen molar-refractivity contribution in [3.63, 3.8) is 0 Å². The van der Waals surface area contributed by atoms with Crippen LogP contribution in [0.5, 0.6) is 0 Å². The Kier molecular flexibility index (Phi) is 5.11. The van der Waals surface area contributed by atoms with Crippen molar-refractivity contribution in [2.24, 2.45) is 0 Å². The van der Waals surface area contributed by atoms with E-state index in [-0.39, 0.29) is 12.2 Å². The fourth-order valence-electron chi connectivity index (χ4n) is 1.72. The maximum absolute atomic E-state index is 13.5. The molecule has 0 bridgehead atoms. The summed E-state index contributed by atoms with van der Waals surface area (Å²) in [4.78, 5) is 0. The van der Waals surface area contributed by atoms with Crippen LogP contribution in [0, 0.1) is 5.82 Å². The summed E-state index contributed by atoms with van der Waals surface area (Å²) in [6.07, 6.45) is -0.917. The van der Waals surface area contributed by atoms with Crippen LogP contribution in [0.1, 0.15) is 11.7 Å². The molecule has 0 amide bonds. The molecule has 1 atom stereocenters. The summed E-state index contributed by atoms with van der Waals surface area (Å²) in [5.41, 5.74) is 0.698. The summed E-state index contributed by atoms with van der Waals surface area (Å²) < 4.78 is 13.5. The minimum Gasteiger partial charge on any atom is -0.387 e. The van der Waals surface area contributed by atoms with Crippen molar-refractivity contribution in [3.8, 4) is 0 Å². The molecule has 0 aromatic heterocycles. The number of halogens is 4. The van der Waals surface area contributed by atoms with Crippen molar-refractivity contribution < 1.29 is 9.50 Å². The Morgan fingerprint density at radius 2 is 1.70 bits per heavy atom. The first-order chi connectivity index (χ1) is 9.47. The monoisotopic (exact) mass is 333 g/mol. The van der Waals surface area contributed by atoms with Gasteiger partial charge in [0.05, 0.1) is 11.8 Å². The third-order valence-electron chi connectivity index (χ3n) is 2.73. The fourth-order valence-corrected chi connectivity index (χ4v) is 2.32. The smallest absolute Gasteiger partial charge is 0.146 e. The zero-order valence-corrected chi connectivity index (χ0v) is 12.5. The van der Waals surface area contributed by atoms with Gasteiger partial charge in [-0.3, -0.25) is 0 Å². The van der Waals surface area contributed by atoms with Gasteiger partial charge in [0.25, 0.3) is 0 Å². The number of aliphatic hydroxyl groups is 1. The molecule has 0 aliphatic heterocycles. The zero-order chi connectivity index (χ0) is 14.7. The zero-order valence-electron chi connectivity index (χ0n) is 10.2. The van der Waals surface area contributed by atoms with E-state index < -0.39 is 11.9 Å². The number of aliphatic hydroxyl groups excluding tert-OH is 1. The lowest BCUT2D eigenvalue weighted by Gasteiger charge is -2.15. The predicted molar refractivity (Wildman–Crippen MR) is 81.3 cm³/mol. The van der Waals surface area contributed by atoms with Crippen LogP contribution >= 0.6 is 34.8 Å². The van der Waals surface area contributed by atoms with Gasteiger partial charge in [0.1, 0.15) is 5.82 Å². The third kappa shape index (κ3) is 3.76. The third-order valence-corrected chi connectivity index (χ3v) is 3.55. The molecule has 6 heteroatoms. The number of rotatable bonds is 4. The fraction of sp³-hybridized carbons (Fsp3) is 0.143. The minimum absolute atomic E-state index is 0.0807. The second kappa shape index (κ2) is 6.64. The van der Waals surface area contributed by atoms with E-state index in [4.69, 9.17) is 34.8 Å². The molecule has 0 saturated heterocycles. The van der Waals surface area contributed by atoms with E-state index >= 15 is 0 Å². The largest absolute Gasteiger partial charge is 0.387 e. The number of hydrogen-bond acceptors (Lipinski definition) is 2. The van der Waals surface area contributed by atoms with E-state index in [0.29, 0.717) is 20.6 Å². The summed E-state index contributed by atoms with van der Waals surface area (Å²) >= 11 is 17.6. The van der Waals surface area contributed by atoms with Crippen LogP contribution in [0.4, 0.5) is 10.1 Å². The lowest BCUT2D eigenvalue weighted by molar-refractivity contribution is 0.191. The van der Waals surface area contributed by atoms with Gasteiger partial charge in [0.15, 0.2) is 0 Å². The van der Waals surface area contributed by atoms with Crippen LogP contribution in [0.2, 0.25) is 15.1 Å². The van der Waals surface area contributed by atoms with Crippen molar-refractivity contribution >= 4 is 40.5 Å². The van der Waals surface area contributed by atoms with Crippen molar-refractivity contribution in [2.45, 2.75) is 6.10 Å². The minimum atomic E-state index is -0.917. The maximum atomic E-state index is 13.5. The van der Waals surface area contributed by atoms with Crippen molar-refractivity contribution in [2.75, 3.05) is 11.9 Å². The summed E-state index contributed by atoms with van der Waals surface area (Å²) in [6.45, 7) is 0.0807. The van der Waals surface area contributed by atoms with Gasteiger partial charge in [0, 0.05) is 27.2 Å². The van der Waals surface area contributed by atoms with Gasteiger partial charge in [-0.2, -0.15) is 0 Å². The molecular weight excluding hydrogens is 324 g/mol. The Balaban J connectivity index is 2.10. The van der Waals surface area contributed by atoms with Gasteiger partial charge >= 0.3 is 0 Å². The van der Waals surface area contributed by atoms with Gasteiger partial charge in [-0.05, 0) is 36.4 Å². The van der Waals surface area contributed by atoms with Crippen molar-refractivity contribution in [3.05, 3.63) is 62.8 Å². The number of anilines is 1. The molecule has 0 aliphatic carbocycles. The van der Waals surface area contributed by atoms with Crippen LogP contribution in [-0.4, -0.2) is 11.7 Å². The molecule has 2 rings (SSSR count). The van der Waals surface area contributed by atoms with E-state index in [1.54, 1.807) is 18.2 Å². The molecule has 0 heterocycles. The molecule has 0 saturated carbocycles. The van der Waals surface area contributed by atoms with E-state index in [9.17, 15) is 9.50 Å². The molecule has 0 spiro atoms. The Bertz CT molecular complexity index is 621. The Morgan fingerprint density at radius 1 is 1.05 bits per heavy atom. The molecule has 0 fully saturated rings. The van der Waals surface area contributed by atoms with Gasteiger partial charge in [-0.15, -0.1) is 0 Å². The molecule has 1 unspecified atom stereocenters. The quantitative estimate of drug-likeness (QED) is 0.831. The lowest BCUT2D eigenvalue weighted by atomic mass is 10.1. The lowest BCUT2D eigenvalue weighted by Crippen LogP contribution is -2.13. The molecule has 2 N–H and O–H groups in total. The predicted octanol–water partition coefficient (Wildman–Crippen LogP) is 4.93. The Morgan fingerprint density at radius 3 is 2.45 bits per heavy atom. The number of nitrogens with one attached hydrogen (secondary N) is 1. The average Bonchev–Trinajstić information content (AvgIpc) is 2.42. The molecule has 0 radical (unpaired) electrons. The van der Waals surface area contributed by atoms with Gasteiger partial charge in [-0.1, -0.05) is 34.8 Å². The SMILES string of the molecule is OC(CNc1cc(Cl)ccc1F)c1cc(Cl)ccc1Cl. The normalized spacial score (nSPS) is 12.2. The van der Waals surface area contributed by atoms with Crippen LogP contribution in [-0.2, 0) is 0 Å². The number of hydrogen-bond donors (Lipinski definition) is 2. The van der Waals surface area contributed by atoms with E-state index in [1.807, 2.05) is 0 Å². The molecule has 106 valence electrons. The molecule has 2 aromatic carbocycles. The van der Waals surface area contributed by atoms with E-state index in [0.717, 1.165) is 0 Å². The molecule has 2 aromatic rings. The van der Waals surface area contributed by atoms with Crippen molar-refractivity contribution in [1.82, 2.24) is 0 Å². The summed E-state index contributed by atoms with van der Waals surface area (Å²) in [6, 6.07) is 8.95.